The lowest BCUT2D eigenvalue weighted by Crippen LogP contribution is -1.86. The second-order valence-electron chi connectivity index (χ2n) is 3.64. The van der Waals surface area contributed by atoms with Gasteiger partial charge in [0.1, 0.15) is 0 Å². The lowest BCUT2D eigenvalue weighted by Gasteiger charge is -1.96. The van der Waals surface area contributed by atoms with Crippen LogP contribution in [0.1, 0.15) is 31.7 Å². The fraction of sp³-hybridized carbons (Fsp3) is 0.429. The Kier molecular flexibility index (Phi) is 9.74. The van der Waals surface area contributed by atoms with Crippen molar-refractivity contribution in [3.8, 4) is 0 Å². The smallest absolute Gasteiger partial charge is 0.159 e. The highest BCUT2D eigenvalue weighted by Crippen LogP contribution is 2.08. The van der Waals surface area contributed by atoms with Crippen LogP contribution in [0.5, 0.6) is 0 Å². The Morgan fingerprint density at radius 1 is 1.24 bits per heavy atom. The summed E-state index contributed by atoms with van der Waals surface area (Å²) in [5.41, 5.74) is 0.735. The number of unbranched alkanes of at least 4 members (excludes halogenated alkanes) is 2. The van der Waals surface area contributed by atoms with Crippen molar-refractivity contribution in [2.45, 2.75) is 32.6 Å². The van der Waals surface area contributed by atoms with Gasteiger partial charge in [0, 0.05) is 5.88 Å². The molecule has 1 aromatic rings. The van der Waals surface area contributed by atoms with E-state index in [0.29, 0.717) is 6.42 Å². The van der Waals surface area contributed by atoms with Crippen LogP contribution < -0.4 is 0 Å². The summed E-state index contributed by atoms with van der Waals surface area (Å²) < 4.78 is 24.8. The number of allylic oxidation sites excluding steroid dienone is 1. The van der Waals surface area contributed by atoms with E-state index in [1.165, 1.54) is 25.3 Å². The Balaban J connectivity index is 0.000000366. The molecule has 0 aliphatic heterocycles. The van der Waals surface area contributed by atoms with Crippen LogP contribution in [-0.4, -0.2) is 5.88 Å². The molecule has 0 nitrogen and oxygen atoms in total. The molecule has 1 aromatic carbocycles. The molecule has 0 bridgehead atoms. The second-order valence-corrected chi connectivity index (χ2v) is 4.02. The molecular weight excluding hydrogens is 242 g/mol. The van der Waals surface area contributed by atoms with Crippen LogP contribution in [0.2, 0.25) is 0 Å². The van der Waals surface area contributed by atoms with E-state index in [4.69, 9.17) is 11.6 Å². The van der Waals surface area contributed by atoms with Gasteiger partial charge in [-0.05, 0) is 30.5 Å². The van der Waals surface area contributed by atoms with Crippen molar-refractivity contribution >= 4 is 11.6 Å². The normalized spacial score (nSPS) is 9.41. The van der Waals surface area contributed by atoms with E-state index in [-0.39, 0.29) is 0 Å². The van der Waals surface area contributed by atoms with Gasteiger partial charge in [-0.15, -0.1) is 18.2 Å². The van der Waals surface area contributed by atoms with Crippen molar-refractivity contribution in [2.24, 2.45) is 0 Å². The third-order valence-corrected chi connectivity index (χ3v) is 2.37. The minimum Gasteiger partial charge on any atom is -0.204 e. The van der Waals surface area contributed by atoms with Crippen LogP contribution in [0.15, 0.2) is 30.9 Å². The highest BCUT2D eigenvalue weighted by molar-refractivity contribution is 6.17. The molecule has 0 saturated carbocycles. The summed E-state index contributed by atoms with van der Waals surface area (Å²) in [5, 5.41) is 0. The predicted molar refractivity (Wildman–Crippen MR) is 70.5 cm³/mol. The number of hydrogen-bond donors (Lipinski definition) is 0. The van der Waals surface area contributed by atoms with E-state index in [9.17, 15) is 8.78 Å². The first-order chi connectivity index (χ1) is 8.15. The minimum absolute atomic E-state index is 0.567. The van der Waals surface area contributed by atoms with Crippen molar-refractivity contribution < 1.29 is 8.78 Å². The quantitative estimate of drug-likeness (QED) is 0.392. The van der Waals surface area contributed by atoms with E-state index < -0.39 is 11.6 Å². The molecule has 0 amide bonds. The van der Waals surface area contributed by atoms with Gasteiger partial charge in [-0.3, -0.25) is 0 Å². The standard InChI is InChI=1S/C9H8F2.C5H11Cl/c1-2-3-7-4-5-8(10)9(11)6-7;1-2-3-4-5-6/h2,4-6H,1,3H2;2-5H2,1H3. The molecule has 0 atom stereocenters. The number of alkyl halides is 1. The van der Waals surface area contributed by atoms with E-state index >= 15 is 0 Å². The first-order valence-corrected chi connectivity index (χ1v) is 6.29. The van der Waals surface area contributed by atoms with Crippen molar-refractivity contribution in [1.82, 2.24) is 0 Å². The van der Waals surface area contributed by atoms with Crippen LogP contribution >= 0.6 is 11.6 Å². The molecule has 3 heteroatoms. The first-order valence-electron chi connectivity index (χ1n) is 5.76. The molecule has 0 aromatic heterocycles. The second kappa shape index (κ2) is 10.3. The van der Waals surface area contributed by atoms with Crippen LogP contribution in [0, 0.1) is 11.6 Å². The van der Waals surface area contributed by atoms with Crippen molar-refractivity contribution in [3.63, 3.8) is 0 Å². The lowest BCUT2D eigenvalue weighted by molar-refractivity contribution is 0.507. The molecule has 0 unspecified atom stereocenters. The molecule has 17 heavy (non-hydrogen) atoms. The maximum absolute atomic E-state index is 12.5. The zero-order valence-electron chi connectivity index (χ0n) is 10.2. The van der Waals surface area contributed by atoms with E-state index in [0.717, 1.165) is 17.5 Å². The van der Waals surface area contributed by atoms with Gasteiger partial charge in [-0.2, -0.15) is 0 Å². The average molecular weight is 261 g/mol. The van der Waals surface area contributed by atoms with Crippen molar-refractivity contribution in [3.05, 3.63) is 48.1 Å². The molecule has 0 aliphatic carbocycles. The monoisotopic (exact) mass is 260 g/mol. The Morgan fingerprint density at radius 3 is 2.35 bits per heavy atom. The Hall–Kier alpha value is -0.890. The van der Waals surface area contributed by atoms with Crippen LogP contribution in [0.25, 0.3) is 0 Å². The molecule has 0 radical (unpaired) electrons. The van der Waals surface area contributed by atoms with Crippen molar-refractivity contribution in [1.29, 1.82) is 0 Å². The maximum atomic E-state index is 12.5. The summed E-state index contributed by atoms with van der Waals surface area (Å²) in [4.78, 5) is 0. The lowest BCUT2D eigenvalue weighted by atomic mass is 10.1. The van der Waals surface area contributed by atoms with Gasteiger partial charge in [0.15, 0.2) is 11.6 Å². The average Bonchev–Trinajstić information content (AvgIpc) is 2.32. The largest absolute Gasteiger partial charge is 0.204 e. The molecule has 0 aliphatic rings. The fourth-order valence-corrected chi connectivity index (χ4v) is 1.37. The summed E-state index contributed by atoms with van der Waals surface area (Å²) in [6.45, 7) is 5.67. The van der Waals surface area contributed by atoms with Crippen molar-refractivity contribution in [2.75, 3.05) is 5.88 Å². The number of benzene rings is 1. The topological polar surface area (TPSA) is 0 Å². The third kappa shape index (κ3) is 7.92. The Morgan fingerprint density at radius 2 is 1.94 bits per heavy atom. The Labute approximate surface area is 107 Å². The number of halogens is 3. The number of rotatable bonds is 5. The van der Waals surface area contributed by atoms with E-state index in [1.807, 2.05) is 0 Å². The van der Waals surface area contributed by atoms with Gasteiger partial charge >= 0.3 is 0 Å². The summed E-state index contributed by atoms with van der Waals surface area (Å²) in [5.74, 6) is -0.782. The predicted octanol–water partition coefficient (Wildman–Crippen LogP) is 5.11. The van der Waals surface area contributed by atoms with E-state index in [2.05, 4.69) is 13.5 Å². The SMILES string of the molecule is C=CCc1ccc(F)c(F)c1.CCCCCCl. The molecular formula is C14H19ClF2. The molecule has 96 valence electrons. The first kappa shape index (κ1) is 16.1. The summed E-state index contributed by atoms with van der Waals surface area (Å²) >= 11 is 5.38. The summed E-state index contributed by atoms with van der Waals surface area (Å²) in [7, 11) is 0. The van der Waals surface area contributed by atoms with Crippen LogP contribution in [0.4, 0.5) is 8.78 Å². The van der Waals surface area contributed by atoms with Gasteiger partial charge in [-0.25, -0.2) is 8.78 Å². The third-order valence-electron chi connectivity index (χ3n) is 2.10. The molecule has 0 N–H and O–H groups in total. The molecule has 0 saturated heterocycles. The Bertz CT molecular complexity index is 320. The number of hydrogen-bond acceptors (Lipinski definition) is 0. The van der Waals surface area contributed by atoms with Gasteiger partial charge in [0.25, 0.3) is 0 Å². The highest BCUT2D eigenvalue weighted by Gasteiger charge is 1.99. The minimum atomic E-state index is -0.808. The zero-order valence-corrected chi connectivity index (χ0v) is 10.9. The van der Waals surface area contributed by atoms with Crippen LogP contribution in [0.3, 0.4) is 0 Å². The van der Waals surface area contributed by atoms with E-state index in [1.54, 1.807) is 12.1 Å². The van der Waals surface area contributed by atoms with Crippen LogP contribution in [-0.2, 0) is 6.42 Å². The molecule has 0 fully saturated rings. The van der Waals surface area contributed by atoms with Gasteiger partial charge in [-0.1, -0.05) is 31.9 Å². The maximum Gasteiger partial charge on any atom is 0.159 e. The fourth-order valence-electron chi connectivity index (χ4n) is 1.18. The van der Waals surface area contributed by atoms with Gasteiger partial charge in [0.05, 0.1) is 0 Å². The summed E-state index contributed by atoms with van der Waals surface area (Å²) in [6, 6.07) is 3.84. The highest BCUT2D eigenvalue weighted by atomic mass is 35.5. The molecule has 0 spiro atoms. The molecule has 1 rings (SSSR count). The van der Waals surface area contributed by atoms with Gasteiger partial charge < -0.3 is 0 Å². The summed E-state index contributed by atoms with van der Waals surface area (Å²) in [6.07, 6.45) is 5.94. The molecule has 0 heterocycles. The van der Waals surface area contributed by atoms with Gasteiger partial charge in [0.2, 0.25) is 0 Å². The zero-order chi connectivity index (χ0) is 13.1.